The van der Waals surface area contributed by atoms with Crippen molar-refractivity contribution in [1.29, 1.82) is 0 Å². The van der Waals surface area contributed by atoms with Gasteiger partial charge >= 0.3 is 0 Å². The van der Waals surface area contributed by atoms with Crippen LogP contribution < -0.4 is 5.32 Å². The summed E-state index contributed by atoms with van der Waals surface area (Å²) < 4.78 is 5.85. The molecule has 0 aliphatic rings. The van der Waals surface area contributed by atoms with E-state index in [2.05, 4.69) is 33.0 Å². The molecule has 5 nitrogen and oxygen atoms in total. The fourth-order valence-corrected chi connectivity index (χ4v) is 2.47. The summed E-state index contributed by atoms with van der Waals surface area (Å²) in [5.41, 5.74) is 1.25. The molecule has 1 atom stereocenters. The molecule has 0 saturated carbocycles. The van der Waals surface area contributed by atoms with Gasteiger partial charge in [-0.3, -0.25) is 4.68 Å². The third-order valence-corrected chi connectivity index (χ3v) is 3.56. The summed E-state index contributed by atoms with van der Waals surface area (Å²) in [7, 11) is 1.98. The SMILES string of the molecule is CCNC(CCc1ccnn1C)c1cnns1. The Labute approximate surface area is 105 Å². The zero-order valence-corrected chi connectivity index (χ0v) is 10.9. The van der Waals surface area contributed by atoms with Crippen LogP contribution in [0.4, 0.5) is 0 Å². The Morgan fingerprint density at radius 2 is 2.41 bits per heavy atom. The maximum Gasteiger partial charge on any atom is 0.0669 e. The van der Waals surface area contributed by atoms with Gasteiger partial charge in [-0.15, -0.1) is 5.10 Å². The van der Waals surface area contributed by atoms with Gasteiger partial charge in [0.15, 0.2) is 0 Å². The molecule has 2 aromatic rings. The zero-order valence-electron chi connectivity index (χ0n) is 10.1. The van der Waals surface area contributed by atoms with Crippen molar-refractivity contribution in [3.63, 3.8) is 0 Å². The van der Waals surface area contributed by atoms with Crippen molar-refractivity contribution in [3.8, 4) is 0 Å². The molecule has 0 fully saturated rings. The lowest BCUT2D eigenvalue weighted by atomic mass is 10.1. The standard InChI is InChI=1S/C11H17N5S/c1-3-12-10(11-8-13-15-17-11)5-4-9-6-7-14-16(9)2/h6-8,10,12H,3-5H2,1-2H3. The summed E-state index contributed by atoms with van der Waals surface area (Å²) in [6, 6.07) is 2.41. The monoisotopic (exact) mass is 251 g/mol. The molecule has 92 valence electrons. The van der Waals surface area contributed by atoms with E-state index in [1.165, 1.54) is 22.1 Å². The summed E-state index contributed by atoms with van der Waals surface area (Å²) in [5.74, 6) is 0. The van der Waals surface area contributed by atoms with Crippen LogP contribution in [-0.4, -0.2) is 25.9 Å². The van der Waals surface area contributed by atoms with Gasteiger partial charge in [-0.1, -0.05) is 11.4 Å². The van der Waals surface area contributed by atoms with Gasteiger partial charge in [0.2, 0.25) is 0 Å². The number of aryl methyl sites for hydroxylation is 2. The molecule has 0 saturated heterocycles. The molecule has 2 rings (SSSR count). The highest BCUT2D eigenvalue weighted by Gasteiger charge is 2.13. The molecular formula is C11H17N5S. The van der Waals surface area contributed by atoms with Crippen LogP contribution in [0.1, 0.15) is 30.0 Å². The Hall–Kier alpha value is -1.27. The smallest absolute Gasteiger partial charge is 0.0669 e. The molecule has 0 aromatic carbocycles. The predicted octanol–water partition coefficient (Wildman–Crippen LogP) is 1.55. The Bertz CT molecular complexity index is 436. The molecule has 0 aliphatic carbocycles. The molecule has 2 heterocycles. The van der Waals surface area contributed by atoms with Gasteiger partial charge in [-0.05, 0) is 37.0 Å². The van der Waals surface area contributed by atoms with Crippen molar-refractivity contribution in [2.45, 2.75) is 25.8 Å². The Morgan fingerprint density at radius 3 is 3.00 bits per heavy atom. The Morgan fingerprint density at radius 1 is 1.53 bits per heavy atom. The van der Waals surface area contributed by atoms with Gasteiger partial charge in [0.1, 0.15) is 0 Å². The number of nitrogens with one attached hydrogen (secondary N) is 1. The van der Waals surface area contributed by atoms with E-state index in [1.807, 2.05) is 24.1 Å². The molecule has 6 heteroatoms. The van der Waals surface area contributed by atoms with Gasteiger partial charge < -0.3 is 5.32 Å². The van der Waals surface area contributed by atoms with E-state index < -0.39 is 0 Å². The average molecular weight is 251 g/mol. The van der Waals surface area contributed by atoms with Crippen LogP contribution in [0.3, 0.4) is 0 Å². The summed E-state index contributed by atoms with van der Waals surface area (Å²) in [4.78, 5) is 1.20. The number of hydrogen-bond donors (Lipinski definition) is 1. The van der Waals surface area contributed by atoms with E-state index in [0.717, 1.165) is 19.4 Å². The van der Waals surface area contributed by atoms with Crippen molar-refractivity contribution in [3.05, 3.63) is 29.0 Å². The van der Waals surface area contributed by atoms with Crippen LogP contribution in [-0.2, 0) is 13.5 Å². The van der Waals surface area contributed by atoms with Crippen molar-refractivity contribution in [2.75, 3.05) is 6.54 Å². The lowest BCUT2D eigenvalue weighted by Crippen LogP contribution is -2.21. The Balaban J connectivity index is 1.97. The highest BCUT2D eigenvalue weighted by atomic mass is 32.1. The quantitative estimate of drug-likeness (QED) is 0.846. The topological polar surface area (TPSA) is 55.6 Å². The number of rotatable bonds is 6. The minimum absolute atomic E-state index is 0.342. The van der Waals surface area contributed by atoms with Gasteiger partial charge in [-0.2, -0.15) is 5.10 Å². The summed E-state index contributed by atoms with van der Waals surface area (Å²) in [6.45, 7) is 3.07. The first-order valence-corrected chi connectivity index (χ1v) is 6.56. The van der Waals surface area contributed by atoms with E-state index in [9.17, 15) is 0 Å². The van der Waals surface area contributed by atoms with Crippen molar-refractivity contribution < 1.29 is 0 Å². The lowest BCUT2D eigenvalue weighted by Gasteiger charge is -2.15. The largest absolute Gasteiger partial charge is 0.309 e. The third kappa shape index (κ3) is 3.10. The predicted molar refractivity (Wildman–Crippen MR) is 67.9 cm³/mol. The molecule has 1 N–H and O–H groups in total. The van der Waals surface area contributed by atoms with Crippen molar-refractivity contribution >= 4 is 11.5 Å². The second-order valence-corrected chi connectivity index (χ2v) is 4.73. The van der Waals surface area contributed by atoms with Crippen LogP contribution in [0.2, 0.25) is 0 Å². The van der Waals surface area contributed by atoms with E-state index in [1.54, 1.807) is 0 Å². The maximum absolute atomic E-state index is 4.18. The zero-order chi connectivity index (χ0) is 12.1. The van der Waals surface area contributed by atoms with E-state index in [4.69, 9.17) is 0 Å². The highest BCUT2D eigenvalue weighted by molar-refractivity contribution is 7.05. The molecule has 2 aromatic heterocycles. The first-order valence-electron chi connectivity index (χ1n) is 5.78. The van der Waals surface area contributed by atoms with Crippen molar-refractivity contribution in [2.24, 2.45) is 7.05 Å². The number of aromatic nitrogens is 4. The molecule has 1 unspecified atom stereocenters. The minimum atomic E-state index is 0.342. The minimum Gasteiger partial charge on any atom is -0.309 e. The first kappa shape index (κ1) is 12.2. The lowest BCUT2D eigenvalue weighted by molar-refractivity contribution is 0.512. The molecule has 0 bridgehead atoms. The van der Waals surface area contributed by atoms with Gasteiger partial charge in [0.05, 0.1) is 11.1 Å². The second kappa shape index (κ2) is 5.88. The second-order valence-electron chi connectivity index (χ2n) is 3.91. The van der Waals surface area contributed by atoms with Crippen LogP contribution in [0.15, 0.2) is 18.5 Å². The van der Waals surface area contributed by atoms with Crippen LogP contribution in [0.25, 0.3) is 0 Å². The van der Waals surface area contributed by atoms with Crippen molar-refractivity contribution in [1.82, 2.24) is 24.7 Å². The molecular weight excluding hydrogens is 234 g/mol. The fourth-order valence-electron chi connectivity index (χ4n) is 1.86. The van der Waals surface area contributed by atoms with Crippen LogP contribution >= 0.6 is 11.5 Å². The molecule has 0 aliphatic heterocycles. The van der Waals surface area contributed by atoms with Crippen LogP contribution in [0.5, 0.6) is 0 Å². The van der Waals surface area contributed by atoms with Gasteiger partial charge in [-0.25, -0.2) is 0 Å². The normalized spacial score (nSPS) is 12.8. The molecule has 0 amide bonds. The van der Waals surface area contributed by atoms with Gasteiger partial charge in [0.25, 0.3) is 0 Å². The number of hydrogen-bond acceptors (Lipinski definition) is 5. The summed E-state index contributed by atoms with van der Waals surface area (Å²) >= 11 is 1.47. The van der Waals surface area contributed by atoms with E-state index >= 15 is 0 Å². The van der Waals surface area contributed by atoms with Gasteiger partial charge in [0, 0.05) is 25.0 Å². The molecule has 0 spiro atoms. The summed E-state index contributed by atoms with van der Waals surface area (Å²) in [5, 5.41) is 11.5. The third-order valence-electron chi connectivity index (χ3n) is 2.78. The fraction of sp³-hybridized carbons (Fsp3) is 0.545. The molecule has 17 heavy (non-hydrogen) atoms. The number of nitrogens with zero attached hydrogens (tertiary/aromatic N) is 4. The van der Waals surface area contributed by atoms with Crippen LogP contribution in [0, 0.1) is 0 Å². The van der Waals surface area contributed by atoms with E-state index in [0.29, 0.717) is 6.04 Å². The highest BCUT2D eigenvalue weighted by Crippen LogP contribution is 2.20. The first-order chi connectivity index (χ1) is 8.31. The summed E-state index contributed by atoms with van der Waals surface area (Å²) in [6.07, 6.45) is 5.73. The Kier molecular flexibility index (Phi) is 4.22. The molecule has 0 radical (unpaired) electrons. The average Bonchev–Trinajstić information content (AvgIpc) is 2.96. The maximum atomic E-state index is 4.18. The van der Waals surface area contributed by atoms with E-state index in [-0.39, 0.29) is 0 Å².